The standard InChI is InChI=1S/C57H34N4O2/c1-3-13-35(14-4-1)36-25-27-38(28-26-36)56-58-55(37-15-5-2-6-16-37)59-57(60-56)45-20-12-24-51-54(45)46-33-39(29-32-49(46)62-51)41-19-11-23-50-53(41)44-31-30-40(34-52(44)63-50)61-47-21-9-7-17-42(47)43-18-8-10-22-48(43)61/h1-34H. The summed E-state index contributed by atoms with van der Waals surface area (Å²) in [6, 6.07) is 71.4. The summed E-state index contributed by atoms with van der Waals surface area (Å²) < 4.78 is 15.5. The number of aromatic nitrogens is 4. The zero-order valence-corrected chi connectivity index (χ0v) is 33.7. The minimum atomic E-state index is 0.576. The van der Waals surface area contributed by atoms with Gasteiger partial charge in [0.05, 0.1) is 11.0 Å². The largest absolute Gasteiger partial charge is 0.456 e. The molecule has 0 saturated carbocycles. The Morgan fingerprint density at radius 3 is 1.52 bits per heavy atom. The molecule has 4 aromatic heterocycles. The molecule has 13 aromatic rings. The summed E-state index contributed by atoms with van der Waals surface area (Å²) >= 11 is 0. The lowest BCUT2D eigenvalue weighted by Crippen LogP contribution is -2.00. The number of hydrogen-bond donors (Lipinski definition) is 0. The number of nitrogens with zero attached hydrogens (tertiary/aromatic N) is 4. The van der Waals surface area contributed by atoms with Crippen molar-refractivity contribution in [2.24, 2.45) is 0 Å². The average molecular weight is 807 g/mol. The van der Waals surface area contributed by atoms with Crippen LogP contribution in [0.3, 0.4) is 0 Å². The Morgan fingerprint density at radius 2 is 0.825 bits per heavy atom. The third kappa shape index (κ3) is 5.69. The van der Waals surface area contributed by atoms with E-state index in [4.69, 9.17) is 23.8 Å². The van der Waals surface area contributed by atoms with Gasteiger partial charge in [-0.2, -0.15) is 0 Å². The molecule has 0 saturated heterocycles. The second-order valence-corrected chi connectivity index (χ2v) is 15.9. The molecule has 294 valence electrons. The van der Waals surface area contributed by atoms with Crippen LogP contribution in [-0.2, 0) is 0 Å². The molecule has 0 bridgehead atoms. The fourth-order valence-corrected chi connectivity index (χ4v) is 9.36. The summed E-state index contributed by atoms with van der Waals surface area (Å²) in [5.41, 5.74) is 13.7. The summed E-state index contributed by atoms with van der Waals surface area (Å²) in [7, 11) is 0. The monoisotopic (exact) mass is 806 g/mol. The molecule has 0 amide bonds. The van der Waals surface area contributed by atoms with E-state index in [0.29, 0.717) is 17.5 Å². The first-order chi connectivity index (χ1) is 31.2. The first-order valence-electron chi connectivity index (χ1n) is 21.1. The molecule has 63 heavy (non-hydrogen) atoms. The van der Waals surface area contributed by atoms with Crippen molar-refractivity contribution in [3.05, 3.63) is 206 Å². The second-order valence-electron chi connectivity index (χ2n) is 15.9. The van der Waals surface area contributed by atoms with Crippen LogP contribution in [0, 0.1) is 0 Å². The Morgan fingerprint density at radius 1 is 0.302 bits per heavy atom. The zero-order valence-electron chi connectivity index (χ0n) is 33.7. The van der Waals surface area contributed by atoms with E-state index in [2.05, 4.69) is 162 Å². The van der Waals surface area contributed by atoms with Crippen LogP contribution in [0.4, 0.5) is 0 Å². The molecule has 0 radical (unpaired) electrons. The van der Waals surface area contributed by atoms with E-state index in [1.54, 1.807) is 0 Å². The molecule has 0 unspecified atom stereocenters. The number of furan rings is 2. The van der Waals surface area contributed by atoms with Crippen molar-refractivity contribution in [1.82, 2.24) is 19.5 Å². The summed E-state index contributed by atoms with van der Waals surface area (Å²) in [5, 5.41) is 6.52. The maximum absolute atomic E-state index is 6.67. The zero-order chi connectivity index (χ0) is 41.4. The molecule has 0 N–H and O–H groups in total. The van der Waals surface area contributed by atoms with Gasteiger partial charge >= 0.3 is 0 Å². The maximum atomic E-state index is 6.67. The van der Waals surface area contributed by atoms with Gasteiger partial charge < -0.3 is 13.4 Å². The highest BCUT2D eigenvalue weighted by atomic mass is 16.3. The first-order valence-corrected chi connectivity index (χ1v) is 21.1. The van der Waals surface area contributed by atoms with Crippen LogP contribution in [-0.4, -0.2) is 19.5 Å². The summed E-state index contributed by atoms with van der Waals surface area (Å²) in [6.07, 6.45) is 0. The molecule has 9 aromatic carbocycles. The van der Waals surface area contributed by atoms with Crippen LogP contribution in [0.5, 0.6) is 0 Å². The molecule has 0 aliphatic rings. The van der Waals surface area contributed by atoms with E-state index in [-0.39, 0.29) is 0 Å². The minimum absolute atomic E-state index is 0.576. The first kappa shape index (κ1) is 35.2. The molecule has 6 heteroatoms. The summed E-state index contributed by atoms with van der Waals surface area (Å²) in [6.45, 7) is 0. The van der Waals surface area contributed by atoms with E-state index in [1.165, 1.54) is 10.8 Å². The maximum Gasteiger partial charge on any atom is 0.164 e. The molecule has 0 atom stereocenters. The fourth-order valence-electron chi connectivity index (χ4n) is 9.36. The van der Waals surface area contributed by atoms with Crippen molar-refractivity contribution in [2.75, 3.05) is 0 Å². The SMILES string of the molecule is c1ccc(-c2ccc(-c3nc(-c4ccccc4)nc(-c4cccc5oc6ccc(-c7cccc8oc9cc(-n%10c%11ccccc%11c%11ccccc%11%10)ccc9c78)cc6c45)n3)cc2)cc1. The fraction of sp³-hybridized carbons (Fsp3) is 0. The van der Waals surface area contributed by atoms with Crippen LogP contribution < -0.4 is 0 Å². The van der Waals surface area contributed by atoms with Crippen LogP contribution in [0.2, 0.25) is 0 Å². The van der Waals surface area contributed by atoms with Crippen molar-refractivity contribution in [2.45, 2.75) is 0 Å². The van der Waals surface area contributed by atoms with Crippen molar-refractivity contribution in [3.8, 4) is 62.1 Å². The number of rotatable bonds is 6. The topological polar surface area (TPSA) is 69.9 Å². The summed E-state index contributed by atoms with van der Waals surface area (Å²) in [5.74, 6) is 1.78. The van der Waals surface area contributed by atoms with Gasteiger partial charge in [0.15, 0.2) is 17.5 Å². The van der Waals surface area contributed by atoms with E-state index in [1.807, 2.05) is 48.5 Å². The van der Waals surface area contributed by atoms with Crippen LogP contribution >= 0.6 is 0 Å². The van der Waals surface area contributed by atoms with Crippen LogP contribution in [0.1, 0.15) is 0 Å². The van der Waals surface area contributed by atoms with Crippen molar-refractivity contribution in [1.29, 1.82) is 0 Å². The van der Waals surface area contributed by atoms with Gasteiger partial charge in [0.25, 0.3) is 0 Å². The molecule has 0 aliphatic carbocycles. The normalized spacial score (nSPS) is 11.8. The molecule has 0 fully saturated rings. The summed E-state index contributed by atoms with van der Waals surface area (Å²) in [4.78, 5) is 15.3. The van der Waals surface area contributed by atoms with E-state index in [9.17, 15) is 0 Å². The van der Waals surface area contributed by atoms with Gasteiger partial charge in [0.1, 0.15) is 22.3 Å². The Kier molecular flexibility index (Phi) is 7.80. The predicted octanol–water partition coefficient (Wildman–Crippen LogP) is 15.1. The molecule has 6 nitrogen and oxygen atoms in total. The average Bonchev–Trinajstić information content (AvgIpc) is 4.03. The van der Waals surface area contributed by atoms with Gasteiger partial charge in [-0.05, 0) is 70.8 Å². The highest BCUT2D eigenvalue weighted by Gasteiger charge is 2.21. The number of hydrogen-bond acceptors (Lipinski definition) is 5. The lowest BCUT2D eigenvalue weighted by atomic mass is 9.97. The Labute approximate surface area is 361 Å². The molecule has 0 aliphatic heterocycles. The van der Waals surface area contributed by atoms with Crippen molar-refractivity contribution >= 4 is 65.7 Å². The highest BCUT2D eigenvalue weighted by molar-refractivity contribution is 6.16. The molecule has 0 spiro atoms. The van der Waals surface area contributed by atoms with E-state index < -0.39 is 0 Å². The van der Waals surface area contributed by atoms with Crippen molar-refractivity contribution in [3.63, 3.8) is 0 Å². The van der Waals surface area contributed by atoms with Crippen LogP contribution in [0.15, 0.2) is 215 Å². The van der Waals surface area contributed by atoms with Gasteiger partial charge in [-0.15, -0.1) is 0 Å². The van der Waals surface area contributed by atoms with Crippen molar-refractivity contribution < 1.29 is 8.83 Å². The Balaban J connectivity index is 0.954. The quantitative estimate of drug-likeness (QED) is 0.167. The molecular weight excluding hydrogens is 773 g/mol. The minimum Gasteiger partial charge on any atom is -0.456 e. The van der Waals surface area contributed by atoms with Gasteiger partial charge in [-0.3, -0.25) is 0 Å². The Hall–Kier alpha value is -8.61. The van der Waals surface area contributed by atoms with Crippen LogP contribution in [0.25, 0.3) is 128 Å². The third-order valence-electron chi connectivity index (χ3n) is 12.3. The predicted molar refractivity (Wildman–Crippen MR) is 256 cm³/mol. The van der Waals surface area contributed by atoms with E-state index in [0.717, 1.165) is 99.5 Å². The van der Waals surface area contributed by atoms with Gasteiger partial charge in [-0.25, -0.2) is 15.0 Å². The molecule has 13 rings (SSSR count). The lowest BCUT2D eigenvalue weighted by molar-refractivity contribution is 0.668. The number of benzene rings is 9. The van der Waals surface area contributed by atoms with Gasteiger partial charge in [0.2, 0.25) is 0 Å². The highest BCUT2D eigenvalue weighted by Crippen LogP contribution is 2.42. The second kappa shape index (κ2) is 14.0. The molecule has 4 heterocycles. The lowest BCUT2D eigenvalue weighted by Gasteiger charge is -2.10. The molecular formula is C57H34N4O2. The number of fused-ring (bicyclic) bond motifs is 9. The van der Waals surface area contributed by atoms with E-state index >= 15 is 0 Å². The third-order valence-corrected chi connectivity index (χ3v) is 12.3. The number of para-hydroxylation sites is 2. The van der Waals surface area contributed by atoms with Gasteiger partial charge in [-0.1, -0.05) is 152 Å². The Bertz CT molecular complexity index is 3850. The van der Waals surface area contributed by atoms with Gasteiger partial charge in [0, 0.05) is 60.8 Å². The smallest absolute Gasteiger partial charge is 0.164 e.